The van der Waals surface area contributed by atoms with Crippen molar-refractivity contribution in [3.8, 4) is 0 Å². The Kier molecular flexibility index (Phi) is 13.5. The topological polar surface area (TPSA) is 75.9 Å². The van der Waals surface area contributed by atoms with Crippen LogP contribution in [0.2, 0.25) is 0 Å². The zero-order valence-corrected chi connectivity index (χ0v) is 20.7. The minimum atomic E-state index is 0. The summed E-state index contributed by atoms with van der Waals surface area (Å²) in [6.07, 6.45) is 7.18. The number of likely N-dealkylation sites (N-methyl/N-ethyl adjacent to an activating group) is 1. The Hall–Kier alpha value is -0.910. The highest BCUT2D eigenvalue weighted by Crippen LogP contribution is 2.17. The first-order valence-corrected chi connectivity index (χ1v) is 10.4. The van der Waals surface area contributed by atoms with Gasteiger partial charge in [0.15, 0.2) is 5.96 Å². The van der Waals surface area contributed by atoms with E-state index in [2.05, 4.69) is 47.8 Å². The first-order chi connectivity index (χ1) is 13.6. The van der Waals surface area contributed by atoms with E-state index in [-0.39, 0.29) is 30.0 Å². The number of aryl methyl sites for hydroxylation is 1. The van der Waals surface area contributed by atoms with Crippen molar-refractivity contribution in [1.82, 2.24) is 25.3 Å². The van der Waals surface area contributed by atoms with Gasteiger partial charge in [-0.1, -0.05) is 0 Å². The molecular formula is C20H39IN6O2. The van der Waals surface area contributed by atoms with Crippen molar-refractivity contribution in [2.75, 3.05) is 60.2 Å². The summed E-state index contributed by atoms with van der Waals surface area (Å²) in [6.45, 7) is 7.83. The molecule has 2 N–H and O–H groups in total. The van der Waals surface area contributed by atoms with Gasteiger partial charge in [0.1, 0.15) is 0 Å². The maximum absolute atomic E-state index is 5.83. The summed E-state index contributed by atoms with van der Waals surface area (Å²) in [6, 6.07) is 0.201. The van der Waals surface area contributed by atoms with Crippen molar-refractivity contribution < 1.29 is 9.47 Å². The van der Waals surface area contributed by atoms with Crippen molar-refractivity contribution >= 4 is 29.9 Å². The van der Waals surface area contributed by atoms with Crippen LogP contribution in [0.5, 0.6) is 0 Å². The quantitative estimate of drug-likeness (QED) is 0.201. The molecule has 2 rings (SSSR count). The predicted molar refractivity (Wildman–Crippen MR) is 128 cm³/mol. The van der Waals surface area contributed by atoms with Gasteiger partial charge in [0, 0.05) is 58.3 Å². The average molecular weight is 522 g/mol. The van der Waals surface area contributed by atoms with Crippen LogP contribution in [0.4, 0.5) is 0 Å². The number of nitrogens with zero attached hydrogens (tertiary/aromatic N) is 4. The molecular weight excluding hydrogens is 483 g/mol. The van der Waals surface area contributed by atoms with Crippen LogP contribution in [0.3, 0.4) is 0 Å². The number of hydrogen-bond acceptors (Lipinski definition) is 5. The highest BCUT2D eigenvalue weighted by atomic mass is 127. The third-order valence-corrected chi connectivity index (χ3v) is 4.95. The monoisotopic (exact) mass is 522 g/mol. The lowest BCUT2D eigenvalue weighted by Gasteiger charge is -2.22. The molecule has 1 aliphatic rings. The second kappa shape index (κ2) is 15.0. The van der Waals surface area contributed by atoms with Crippen molar-refractivity contribution in [3.63, 3.8) is 0 Å². The van der Waals surface area contributed by atoms with Crippen LogP contribution in [-0.4, -0.2) is 80.8 Å². The number of ether oxygens (including phenoxy) is 2. The van der Waals surface area contributed by atoms with Gasteiger partial charge in [-0.3, -0.25) is 9.67 Å². The molecule has 1 saturated heterocycles. The van der Waals surface area contributed by atoms with E-state index >= 15 is 0 Å². The molecule has 0 amide bonds. The van der Waals surface area contributed by atoms with Crippen LogP contribution in [-0.2, 0) is 16.5 Å². The lowest BCUT2D eigenvalue weighted by Crippen LogP contribution is -2.38. The fraction of sp³-hybridized carbons (Fsp3) is 0.800. The number of rotatable bonds is 11. The van der Waals surface area contributed by atoms with Crippen molar-refractivity contribution in [2.45, 2.75) is 32.2 Å². The summed E-state index contributed by atoms with van der Waals surface area (Å²) >= 11 is 0. The maximum atomic E-state index is 5.83. The molecule has 1 fully saturated rings. The molecule has 168 valence electrons. The Morgan fingerprint density at radius 1 is 1.38 bits per heavy atom. The van der Waals surface area contributed by atoms with E-state index in [1.54, 1.807) is 0 Å². The molecule has 9 heteroatoms. The highest BCUT2D eigenvalue weighted by molar-refractivity contribution is 14.0. The van der Waals surface area contributed by atoms with Gasteiger partial charge in [0.05, 0.1) is 18.8 Å². The number of halogens is 1. The fourth-order valence-electron chi connectivity index (χ4n) is 3.24. The average Bonchev–Trinajstić information content (AvgIpc) is 3.11. The van der Waals surface area contributed by atoms with Crippen molar-refractivity contribution in [1.29, 1.82) is 0 Å². The van der Waals surface area contributed by atoms with E-state index in [0.29, 0.717) is 12.5 Å². The van der Waals surface area contributed by atoms with Gasteiger partial charge in [-0.25, -0.2) is 0 Å². The lowest BCUT2D eigenvalue weighted by molar-refractivity contribution is 0.0203. The lowest BCUT2D eigenvalue weighted by atomic mass is 10.0. The normalized spacial score (nSPS) is 16.5. The fourth-order valence-corrected chi connectivity index (χ4v) is 3.24. The van der Waals surface area contributed by atoms with E-state index in [4.69, 9.17) is 14.5 Å². The smallest absolute Gasteiger partial charge is 0.191 e. The van der Waals surface area contributed by atoms with Gasteiger partial charge < -0.3 is 25.0 Å². The first kappa shape index (κ1) is 26.1. The molecule has 0 radical (unpaired) electrons. The Bertz CT molecular complexity index is 575. The summed E-state index contributed by atoms with van der Waals surface area (Å²) < 4.78 is 13.1. The SMILES string of the molecule is CCNC(=NCC(c1cnn(C)c1)N(C)C)NCCCOCC1CCOCC1.I. The first-order valence-electron chi connectivity index (χ1n) is 10.4. The zero-order valence-electron chi connectivity index (χ0n) is 18.4. The van der Waals surface area contributed by atoms with Crippen molar-refractivity contribution in [3.05, 3.63) is 18.0 Å². The molecule has 0 saturated carbocycles. The van der Waals surface area contributed by atoms with Gasteiger partial charge in [-0.15, -0.1) is 24.0 Å². The van der Waals surface area contributed by atoms with Crippen LogP contribution in [0.15, 0.2) is 17.4 Å². The van der Waals surface area contributed by atoms with Crippen molar-refractivity contribution in [2.24, 2.45) is 18.0 Å². The molecule has 1 atom stereocenters. The maximum Gasteiger partial charge on any atom is 0.191 e. The number of aliphatic imine (C=N–C) groups is 1. The molecule has 1 aromatic heterocycles. The molecule has 0 bridgehead atoms. The minimum absolute atomic E-state index is 0. The standard InChI is InChI=1S/C20H38N6O2.HI/c1-5-21-20(22-9-6-10-28-16-17-7-11-27-12-8-17)23-14-19(25(2)3)18-13-24-26(4)15-18;/h13,15,17,19H,5-12,14,16H2,1-4H3,(H2,21,22,23);1H. The number of nitrogens with one attached hydrogen (secondary N) is 2. The van der Waals surface area contributed by atoms with Crippen LogP contribution in [0, 0.1) is 5.92 Å². The Labute approximate surface area is 192 Å². The van der Waals surface area contributed by atoms with Gasteiger partial charge in [0.2, 0.25) is 0 Å². The molecule has 1 aliphatic heterocycles. The van der Waals surface area contributed by atoms with E-state index in [1.165, 1.54) is 5.56 Å². The summed E-state index contributed by atoms with van der Waals surface area (Å²) in [5.74, 6) is 1.51. The van der Waals surface area contributed by atoms with Crippen LogP contribution >= 0.6 is 24.0 Å². The zero-order chi connectivity index (χ0) is 20.2. The Morgan fingerprint density at radius 3 is 2.76 bits per heavy atom. The minimum Gasteiger partial charge on any atom is -0.381 e. The van der Waals surface area contributed by atoms with E-state index in [0.717, 1.165) is 64.7 Å². The number of guanidine groups is 1. The second-order valence-electron chi connectivity index (χ2n) is 7.56. The molecule has 0 aliphatic carbocycles. The van der Waals surface area contributed by atoms with E-state index in [9.17, 15) is 0 Å². The second-order valence-corrected chi connectivity index (χ2v) is 7.56. The third kappa shape index (κ3) is 10.1. The van der Waals surface area contributed by atoms with Gasteiger partial charge in [0.25, 0.3) is 0 Å². The molecule has 0 spiro atoms. The number of aromatic nitrogens is 2. The largest absolute Gasteiger partial charge is 0.381 e. The Balaban J connectivity index is 0.00000420. The van der Waals surface area contributed by atoms with Gasteiger partial charge >= 0.3 is 0 Å². The third-order valence-electron chi connectivity index (χ3n) is 4.95. The summed E-state index contributed by atoms with van der Waals surface area (Å²) in [5.41, 5.74) is 1.17. The summed E-state index contributed by atoms with van der Waals surface area (Å²) in [7, 11) is 6.09. The van der Waals surface area contributed by atoms with Crippen LogP contribution in [0.25, 0.3) is 0 Å². The Morgan fingerprint density at radius 2 is 2.14 bits per heavy atom. The van der Waals surface area contributed by atoms with Crippen LogP contribution in [0.1, 0.15) is 37.8 Å². The van der Waals surface area contributed by atoms with Crippen LogP contribution < -0.4 is 10.6 Å². The molecule has 0 aromatic carbocycles. The highest BCUT2D eigenvalue weighted by Gasteiger charge is 2.16. The van der Waals surface area contributed by atoms with Gasteiger partial charge in [-0.2, -0.15) is 5.10 Å². The van der Waals surface area contributed by atoms with Gasteiger partial charge in [-0.05, 0) is 46.2 Å². The molecule has 29 heavy (non-hydrogen) atoms. The van der Waals surface area contributed by atoms with E-state index in [1.807, 2.05) is 17.9 Å². The summed E-state index contributed by atoms with van der Waals surface area (Å²) in [5, 5.41) is 11.0. The predicted octanol–water partition coefficient (Wildman–Crippen LogP) is 2.03. The molecule has 1 aromatic rings. The molecule has 1 unspecified atom stereocenters. The molecule has 8 nitrogen and oxygen atoms in total. The summed E-state index contributed by atoms with van der Waals surface area (Å²) in [4.78, 5) is 6.95. The van der Waals surface area contributed by atoms with E-state index < -0.39 is 0 Å². The molecule has 2 heterocycles. The number of hydrogen-bond donors (Lipinski definition) is 2.